The van der Waals surface area contributed by atoms with Crippen LogP contribution in [0.3, 0.4) is 0 Å². The average Bonchev–Trinajstić information content (AvgIpc) is 2.49. The van der Waals surface area contributed by atoms with Crippen LogP contribution in [-0.4, -0.2) is 18.4 Å². The minimum Gasteiger partial charge on any atom is -0.343 e. The first-order valence-electron chi connectivity index (χ1n) is 6.76. The molecular weight excluding hydrogens is 264 g/mol. The number of anilines is 1. The fraction of sp³-hybridized carbons (Fsp3) is 0.176. The highest BCUT2D eigenvalue weighted by atomic mass is 16.2. The number of rotatable bonds is 4. The van der Waals surface area contributed by atoms with Crippen LogP contribution in [0.1, 0.15) is 21.5 Å². The van der Waals surface area contributed by atoms with E-state index in [1.807, 2.05) is 38.1 Å². The first-order chi connectivity index (χ1) is 10.1. The van der Waals surface area contributed by atoms with Gasteiger partial charge in [-0.3, -0.25) is 9.59 Å². The summed E-state index contributed by atoms with van der Waals surface area (Å²) in [6.07, 6.45) is 0. The lowest BCUT2D eigenvalue weighted by molar-refractivity contribution is -0.115. The fourth-order valence-electron chi connectivity index (χ4n) is 1.92. The second kappa shape index (κ2) is 6.70. The van der Waals surface area contributed by atoms with Crippen molar-refractivity contribution < 1.29 is 9.59 Å². The van der Waals surface area contributed by atoms with Gasteiger partial charge in [0.1, 0.15) is 0 Å². The minimum absolute atomic E-state index is 0.0545. The van der Waals surface area contributed by atoms with E-state index in [9.17, 15) is 9.59 Å². The first-order valence-corrected chi connectivity index (χ1v) is 6.76. The van der Waals surface area contributed by atoms with E-state index in [1.165, 1.54) is 0 Å². The Hall–Kier alpha value is -2.62. The van der Waals surface area contributed by atoms with Gasteiger partial charge in [0, 0.05) is 11.3 Å². The normalized spacial score (nSPS) is 10.0. The molecule has 0 fully saturated rings. The molecule has 0 aliphatic rings. The summed E-state index contributed by atoms with van der Waals surface area (Å²) in [6, 6.07) is 14.7. The molecule has 108 valence electrons. The lowest BCUT2D eigenvalue weighted by Crippen LogP contribution is -2.32. The lowest BCUT2D eigenvalue weighted by atomic mass is 10.1. The molecule has 4 heteroatoms. The minimum atomic E-state index is -0.258. The Morgan fingerprint density at radius 1 is 1.00 bits per heavy atom. The summed E-state index contributed by atoms with van der Waals surface area (Å²) in [6.45, 7) is 3.84. The molecule has 0 unspecified atom stereocenters. The Bertz CT molecular complexity index is 651. The summed E-state index contributed by atoms with van der Waals surface area (Å²) in [5, 5.41) is 5.41. The van der Waals surface area contributed by atoms with Crippen molar-refractivity contribution in [3.63, 3.8) is 0 Å². The zero-order chi connectivity index (χ0) is 15.2. The third-order valence-corrected chi connectivity index (χ3v) is 3.11. The molecular formula is C17H18N2O2. The molecule has 0 heterocycles. The molecule has 0 atom stereocenters. The van der Waals surface area contributed by atoms with Crippen LogP contribution in [0.25, 0.3) is 0 Å². The van der Waals surface area contributed by atoms with Crippen molar-refractivity contribution >= 4 is 17.5 Å². The van der Waals surface area contributed by atoms with E-state index in [-0.39, 0.29) is 18.4 Å². The van der Waals surface area contributed by atoms with Gasteiger partial charge in [0.2, 0.25) is 5.91 Å². The first kappa shape index (κ1) is 14.8. The van der Waals surface area contributed by atoms with Gasteiger partial charge in [-0.1, -0.05) is 30.3 Å². The second-order valence-electron chi connectivity index (χ2n) is 4.92. The predicted molar refractivity (Wildman–Crippen MR) is 83.3 cm³/mol. The molecule has 0 saturated carbocycles. The number of aryl methyl sites for hydroxylation is 2. The van der Waals surface area contributed by atoms with Crippen LogP contribution < -0.4 is 10.6 Å². The molecule has 0 aliphatic heterocycles. The van der Waals surface area contributed by atoms with Gasteiger partial charge in [-0.05, 0) is 43.2 Å². The number of carbonyl (C=O) groups is 2. The van der Waals surface area contributed by atoms with Gasteiger partial charge >= 0.3 is 0 Å². The molecule has 2 N–H and O–H groups in total. The highest BCUT2D eigenvalue weighted by Crippen LogP contribution is 2.15. The van der Waals surface area contributed by atoms with E-state index < -0.39 is 0 Å². The van der Waals surface area contributed by atoms with Crippen molar-refractivity contribution in [2.75, 3.05) is 11.9 Å². The van der Waals surface area contributed by atoms with E-state index in [4.69, 9.17) is 0 Å². The third-order valence-electron chi connectivity index (χ3n) is 3.11. The van der Waals surface area contributed by atoms with E-state index in [0.717, 1.165) is 16.8 Å². The monoisotopic (exact) mass is 282 g/mol. The van der Waals surface area contributed by atoms with Gasteiger partial charge in [0.15, 0.2) is 0 Å². The Balaban J connectivity index is 1.91. The van der Waals surface area contributed by atoms with Gasteiger partial charge < -0.3 is 10.6 Å². The van der Waals surface area contributed by atoms with Crippen LogP contribution in [0.4, 0.5) is 5.69 Å². The number of hydrogen-bond donors (Lipinski definition) is 2. The second-order valence-corrected chi connectivity index (χ2v) is 4.92. The topological polar surface area (TPSA) is 58.2 Å². The third kappa shape index (κ3) is 4.18. The molecule has 0 saturated heterocycles. The van der Waals surface area contributed by atoms with Crippen molar-refractivity contribution in [2.45, 2.75) is 13.8 Å². The van der Waals surface area contributed by atoms with E-state index in [2.05, 4.69) is 10.6 Å². The standard InChI is InChI=1S/C17H18N2O2/c1-12-8-9-13(2)15(10-12)19-16(20)11-18-17(21)14-6-4-3-5-7-14/h3-10H,11H2,1-2H3,(H,18,21)(H,19,20). The molecule has 2 rings (SSSR count). The van der Waals surface area contributed by atoms with Crippen molar-refractivity contribution in [1.82, 2.24) is 5.32 Å². The van der Waals surface area contributed by atoms with E-state index >= 15 is 0 Å². The SMILES string of the molecule is Cc1ccc(C)c(NC(=O)CNC(=O)c2ccccc2)c1. The van der Waals surface area contributed by atoms with Crippen LogP contribution in [0.15, 0.2) is 48.5 Å². The van der Waals surface area contributed by atoms with Crippen LogP contribution in [-0.2, 0) is 4.79 Å². The van der Waals surface area contributed by atoms with Crippen LogP contribution in [0.2, 0.25) is 0 Å². The number of carbonyl (C=O) groups excluding carboxylic acids is 2. The fourth-order valence-corrected chi connectivity index (χ4v) is 1.92. The van der Waals surface area contributed by atoms with E-state index in [0.29, 0.717) is 5.56 Å². The average molecular weight is 282 g/mol. The zero-order valence-electron chi connectivity index (χ0n) is 12.1. The van der Waals surface area contributed by atoms with Gasteiger partial charge in [-0.15, -0.1) is 0 Å². The lowest BCUT2D eigenvalue weighted by Gasteiger charge is -2.10. The highest BCUT2D eigenvalue weighted by Gasteiger charge is 2.08. The predicted octanol–water partition coefficient (Wildman–Crippen LogP) is 2.67. The maximum absolute atomic E-state index is 11.9. The number of hydrogen-bond acceptors (Lipinski definition) is 2. The summed E-state index contributed by atoms with van der Waals surface area (Å²) in [7, 11) is 0. The molecule has 0 spiro atoms. The maximum atomic E-state index is 11.9. The summed E-state index contributed by atoms with van der Waals surface area (Å²) in [5.41, 5.74) is 3.37. The Labute approximate surface area is 124 Å². The van der Waals surface area contributed by atoms with Crippen LogP contribution in [0.5, 0.6) is 0 Å². The summed E-state index contributed by atoms with van der Waals surface area (Å²) in [5.74, 6) is -0.500. The summed E-state index contributed by atoms with van der Waals surface area (Å²) < 4.78 is 0. The molecule has 0 aromatic heterocycles. The quantitative estimate of drug-likeness (QED) is 0.905. The Kier molecular flexibility index (Phi) is 4.72. The van der Waals surface area contributed by atoms with E-state index in [1.54, 1.807) is 24.3 Å². The number of amides is 2. The van der Waals surface area contributed by atoms with Gasteiger partial charge in [-0.2, -0.15) is 0 Å². The van der Waals surface area contributed by atoms with Crippen molar-refractivity contribution in [3.8, 4) is 0 Å². The zero-order valence-corrected chi connectivity index (χ0v) is 12.1. The van der Waals surface area contributed by atoms with Crippen LogP contribution in [0, 0.1) is 13.8 Å². The molecule has 0 bridgehead atoms. The van der Waals surface area contributed by atoms with Gasteiger partial charge in [0.05, 0.1) is 6.54 Å². The van der Waals surface area contributed by atoms with Crippen molar-refractivity contribution in [1.29, 1.82) is 0 Å². The molecule has 21 heavy (non-hydrogen) atoms. The molecule has 2 aromatic carbocycles. The smallest absolute Gasteiger partial charge is 0.251 e. The van der Waals surface area contributed by atoms with Crippen molar-refractivity contribution in [2.24, 2.45) is 0 Å². The molecule has 2 aromatic rings. The molecule has 0 aliphatic carbocycles. The molecule has 0 radical (unpaired) electrons. The largest absolute Gasteiger partial charge is 0.343 e. The highest BCUT2D eigenvalue weighted by molar-refractivity contribution is 5.99. The van der Waals surface area contributed by atoms with Gasteiger partial charge in [0.25, 0.3) is 5.91 Å². The van der Waals surface area contributed by atoms with Gasteiger partial charge in [-0.25, -0.2) is 0 Å². The maximum Gasteiger partial charge on any atom is 0.251 e. The summed E-state index contributed by atoms with van der Waals surface area (Å²) in [4.78, 5) is 23.7. The summed E-state index contributed by atoms with van der Waals surface area (Å²) >= 11 is 0. The Morgan fingerprint density at radius 3 is 2.43 bits per heavy atom. The number of nitrogens with one attached hydrogen (secondary N) is 2. The number of benzene rings is 2. The van der Waals surface area contributed by atoms with Crippen molar-refractivity contribution in [3.05, 3.63) is 65.2 Å². The molecule has 2 amide bonds. The van der Waals surface area contributed by atoms with Crippen LogP contribution >= 0.6 is 0 Å². The molecule has 4 nitrogen and oxygen atoms in total. The Morgan fingerprint density at radius 2 is 1.71 bits per heavy atom.